The summed E-state index contributed by atoms with van der Waals surface area (Å²) in [5.74, 6) is 0.785. The monoisotopic (exact) mass is 439 g/mol. The van der Waals surface area contributed by atoms with Gasteiger partial charge in [0, 0.05) is 19.5 Å². The van der Waals surface area contributed by atoms with E-state index in [0.717, 1.165) is 4.88 Å². The number of pyridine rings is 1. The van der Waals surface area contributed by atoms with Crippen LogP contribution in [-0.4, -0.2) is 47.4 Å². The van der Waals surface area contributed by atoms with Crippen molar-refractivity contribution in [1.29, 1.82) is 5.41 Å². The fourth-order valence-corrected chi connectivity index (χ4v) is 5.90. The molecule has 2 atom stereocenters. The van der Waals surface area contributed by atoms with E-state index in [0.29, 0.717) is 34.6 Å². The van der Waals surface area contributed by atoms with Crippen LogP contribution < -0.4 is 15.4 Å². The third-order valence-electron chi connectivity index (χ3n) is 4.57. The van der Waals surface area contributed by atoms with Crippen LogP contribution in [-0.2, 0) is 10.3 Å². The summed E-state index contributed by atoms with van der Waals surface area (Å²) < 4.78 is 12.7. The van der Waals surface area contributed by atoms with Crippen molar-refractivity contribution < 1.29 is 14.3 Å². The molecule has 3 N–H and O–H groups in total. The molecule has 1 amide bonds. The first-order chi connectivity index (χ1) is 13.4. The van der Waals surface area contributed by atoms with Gasteiger partial charge in [0.1, 0.15) is 11.4 Å². The summed E-state index contributed by atoms with van der Waals surface area (Å²) >= 11 is 9.26. The fourth-order valence-electron chi connectivity index (χ4n) is 3.15. The van der Waals surface area contributed by atoms with Crippen molar-refractivity contribution in [3.63, 3.8) is 0 Å². The zero-order chi connectivity index (χ0) is 19.9. The summed E-state index contributed by atoms with van der Waals surface area (Å²) in [5, 5.41) is 14.7. The van der Waals surface area contributed by atoms with Gasteiger partial charge in [-0.05, 0) is 24.1 Å². The number of anilines is 1. The first-order valence-electron chi connectivity index (χ1n) is 8.44. The molecule has 28 heavy (non-hydrogen) atoms. The van der Waals surface area contributed by atoms with E-state index < -0.39 is 5.54 Å². The number of nitrogens with one attached hydrogen (secondary N) is 3. The van der Waals surface area contributed by atoms with Gasteiger partial charge in [0.2, 0.25) is 11.8 Å². The van der Waals surface area contributed by atoms with Crippen LogP contribution in [0.5, 0.6) is 5.88 Å². The van der Waals surface area contributed by atoms with Crippen molar-refractivity contribution >= 4 is 52.6 Å². The minimum absolute atomic E-state index is 0.223. The van der Waals surface area contributed by atoms with Crippen LogP contribution >= 0.6 is 34.9 Å². The summed E-state index contributed by atoms with van der Waals surface area (Å²) in [6.07, 6.45) is 0.666. The Bertz CT molecular complexity index is 939. The highest BCUT2D eigenvalue weighted by atomic mass is 35.5. The SMILES string of the molecule is COc1cccc(NC(=O)c2cc(Cl)c(C34CCOC3SN(C)C(=N)N4)s2)n1. The van der Waals surface area contributed by atoms with Crippen molar-refractivity contribution in [2.45, 2.75) is 17.4 Å². The molecule has 2 saturated heterocycles. The number of fused-ring (bicyclic) bond motifs is 1. The van der Waals surface area contributed by atoms with Gasteiger partial charge in [0.15, 0.2) is 5.44 Å². The number of nitrogens with zero attached hydrogens (tertiary/aromatic N) is 2. The molecule has 4 rings (SSSR count). The number of hydrogen-bond donors (Lipinski definition) is 3. The van der Waals surface area contributed by atoms with Gasteiger partial charge in [0.05, 0.1) is 28.5 Å². The maximum absolute atomic E-state index is 12.7. The lowest BCUT2D eigenvalue weighted by molar-refractivity contribution is 0.103. The Balaban J connectivity index is 1.61. The highest BCUT2D eigenvalue weighted by molar-refractivity contribution is 7.98. The molecule has 0 saturated carbocycles. The van der Waals surface area contributed by atoms with E-state index in [9.17, 15) is 4.79 Å². The van der Waals surface area contributed by atoms with E-state index in [4.69, 9.17) is 26.5 Å². The lowest BCUT2D eigenvalue weighted by atomic mass is 9.96. The average molecular weight is 440 g/mol. The molecule has 11 heteroatoms. The molecule has 0 bridgehead atoms. The molecule has 2 aliphatic heterocycles. The lowest BCUT2D eigenvalue weighted by Gasteiger charge is -2.42. The number of rotatable bonds is 4. The number of carbonyl (C=O) groups excluding carboxylic acids is 1. The number of methoxy groups -OCH3 is 1. The molecule has 2 unspecified atom stereocenters. The molecule has 0 radical (unpaired) electrons. The standard InChI is InChI=1S/C17H18ClN5O3S2/c1-23-16(19)22-17(6-7-26-15(17)28-23)13-9(18)8-10(27-13)14(24)21-11-4-3-5-12(20-11)25-2/h3-5,8,15H,6-7H2,1-2H3,(H2,19,22)(H,20,21,24). The van der Waals surface area contributed by atoms with E-state index in [-0.39, 0.29) is 17.3 Å². The first-order valence-corrected chi connectivity index (χ1v) is 10.5. The Morgan fingerprint density at radius 1 is 1.57 bits per heavy atom. The Morgan fingerprint density at radius 3 is 3.18 bits per heavy atom. The van der Waals surface area contributed by atoms with Gasteiger partial charge in [-0.25, -0.2) is 0 Å². The number of hydrogen-bond acceptors (Lipinski definition) is 7. The molecule has 0 aromatic carbocycles. The maximum Gasteiger partial charge on any atom is 0.266 e. The number of halogens is 1. The average Bonchev–Trinajstić information content (AvgIpc) is 3.26. The zero-order valence-electron chi connectivity index (χ0n) is 15.1. The Labute approximate surface area is 175 Å². The smallest absolute Gasteiger partial charge is 0.266 e. The molecule has 2 fully saturated rings. The molecule has 2 aromatic heterocycles. The summed E-state index contributed by atoms with van der Waals surface area (Å²) in [5.41, 5.74) is -0.846. The molecule has 8 nitrogen and oxygen atoms in total. The Kier molecular flexibility index (Phi) is 5.13. The van der Waals surface area contributed by atoms with Crippen LogP contribution in [0.3, 0.4) is 0 Å². The number of thiophene rings is 1. The second kappa shape index (κ2) is 7.43. The van der Waals surface area contributed by atoms with Crippen molar-refractivity contribution in [2.24, 2.45) is 0 Å². The van der Waals surface area contributed by atoms with E-state index in [1.54, 1.807) is 28.6 Å². The van der Waals surface area contributed by atoms with E-state index >= 15 is 0 Å². The molecule has 148 valence electrons. The molecule has 4 heterocycles. The predicted molar refractivity (Wildman–Crippen MR) is 110 cm³/mol. The zero-order valence-corrected chi connectivity index (χ0v) is 17.5. The van der Waals surface area contributed by atoms with Crippen LogP contribution in [0.1, 0.15) is 21.0 Å². The molecule has 0 aliphatic carbocycles. The van der Waals surface area contributed by atoms with E-state index in [1.165, 1.54) is 30.4 Å². The van der Waals surface area contributed by atoms with Crippen LogP contribution in [0.15, 0.2) is 24.3 Å². The highest BCUT2D eigenvalue weighted by Gasteiger charge is 2.53. The minimum Gasteiger partial charge on any atom is -0.481 e. The lowest BCUT2D eigenvalue weighted by Crippen LogP contribution is -2.57. The molecule has 0 spiro atoms. The van der Waals surface area contributed by atoms with Crippen molar-refractivity contribution in [1.82, 2.24) is 14.6 Å². The van der Waals surface area contributed by atoms with Crippen molar-refractivity contribution in [3.8, 4) is 5.88 Å². The number of carbonyl (C=O) groups is 1. The molecule has 2 aromatic rings. The third kappa shape index (κ3) is 3.30. The van der Waals surface area contributed by atoms with E-state index in [1.807, 2.05) is 7.05 Å². The third-order valence-corrected chi connectivity index (χ3v) is 7.52. The Hall–Kier alpha value is -2.01. The first kappa shape index (κ1) is 19.3. The van der Waals surface area contributed by atoms with E-state index in [2.05, 4.69) is 15.6 Å². The highest BCUT2D eigenvalue weighted by Crippen LogP contribution is 2.49. The van der Waals surface area contributed by atoms with Gasteiger partial charge in [-0.2, -0.15) is 4.98 Å². The van der Waals surface area contributed by atoms with Gasteiger partial charge >= 0.3 is 0 Å². The summed E-state index contributed by atoms with van der Waals surface area (Å²) in [6.45, 7) is 0.551. The van der Waals surface area contributed by atoms with Crippen molar-refractivity contribution in [3.05, 3.63) is 39.0 Å². The summed E-state index contributed by atoms with van der Waals surface area (Å²) in [7, 11) is 3.32. The van der Waals surface area contributed by atoms with Crippen LogP contribution in [0.2, 0.25) is 5.02 Å². The second-order valence-corrected chi connectivity index (χ2v) is 8.95. The topological polar surface area (TPSA) is 99.6 Å². The largest absolute Gasteiger partial charge is 0.481 e. The van der Waals surface area contributed by atoms with Gasteiger partial charge in [-0.1, -0.05) is 17.7 Å². The minimum atomic E-state index is -0.622. The number of aromatic nitrogens is 1. The van der Waals surface area contributed by atoms with Gasteiger partial charge in [-0.15, -0.1) is 11.3 Å². The van der Waals surface area contributed by atoms with Gasteiger partial charge in [0.25, 0.3) is 5.91 Å². The number of guanidine groups is 1. The summed E-state index contributed by atoms with van der Waals surface area (Å²) in [4.78, 5) is 18.2. The molecular formula is C17H18ClN5O3S2. The number of amides is 1. The quantitative estimate of drug-likeness (QED) is 0.629. The molecular weight excluding hydrogens is 422 g/mol. The predicted octanol–water partition coefficient (Wildman–Crippen LogP) is 3.12. The normalized spacial score (nSPS) is 23.9. The number of ether oxygens (including phenoxy) is 2. The second-order valence-electron chi connectivity index (χ2n) is 6.31. The van der Waals surface area contributed by atoms with Gasteiger partial charge < -0.3 is 20.1 Å². The Morgan fingerprint density at radius 2 is 2.39 bits per heavy atom. The van der Waals surface area contributed by atoms with Gasteiger partial charge in [-0.3, -0.25) is 14.5 Å². The fraction of sp³-hybridized carbons (Fsp3) is 0.353. The van der Waals surface area contributed by atoms with Crippen LogP contribution in [0.4, 0.5) is 5.82 Å². The summed E-state index contributed by atoms with van der Waals surface area (Å²) in [6, 6.07) is 6.79. The maximum atomic E-state index is 12.7. The molecule has 2 aliphatic rings. The van der Waals surface area contributed by atoms with Crippen LogP contribution in [0, 0.1) is 5.41 Å². The van der Waals surface area contributed by atoms with Crippen molar-refractivity contribution in [2.75, 3.05) is 26.1 Å². The van der Waals surface area contributed by atoms with Crippen LogP contribution in [0.25, 0.3) is 0 Å².